The summed E-state index contributed by atoms with van der Waals surface area (Å²) in [5.74, 6) is 0. The Balaban J connectivity index is 1.29. The number of carbonyl (C=O) groups excluding carboxylic acids is 1. The molecule has 1 aliphatic heterocycles. The average Bonchev–Trinajstić information content (AvgIpc) is 3.20. The van der Waals surface area contributed by atoms with Crippen molar-refractivity contribution in [2.24, 2.45) is 0 Å². The number of benzene rings is 2. The summed E-state index contributed by atoms with van der Waals surface area (Å²) in [6, 6.07) is 16.3. The van der Waals surface area contributed by atoms with Gasteiger partial charge in [0, 0.05) is 42.8 Å². The SMILES string of the molecule is Cc1ccc(NC(=O)N2CCN(Cc3nc(-c4ccccc4)cs3)CC2)cc1C. The van der Waals surface area contributed by atoms with Crippen LogP contribution in [-0.2, 0) is 6.54 Å². The first-order valence-electron chi connectivity index (χ1n) is 9.94. The number of hydrogen-bond donors (Lipinski definition) is 1. The van der Waals surface area contributed by atoms with E-state index in [4.69, 9.17) is 4.98 Å². The molecule has 29 heavy (non-hydrogen) atoms. The smallest absolute Gasteiger partial charge is 0.321 e. The lowest BCUT2D eigenvalue weighted by Crippen LogP contribution is -2.49. The van der Waals surface area contributed by atoms with Crippen molar-refractivity contribution in [3.63, 3.8) is 0 Å². The maximum absolute atomic E-state index is 12.6. The van der Waals surface area contributed by atoms with Gasteiger partial charge in [0.1, 0.15) is 5.01 Å². The largest absolute Gasteiger partial charge is 0.322 e. The zero-order chi connectivity index (χ0) is 20.2. The van der Waals surface area contributed by atoms with E-state index in [0.29, 0.717) is 0 Å². The Morgan fingerprint density at radius 2 is 1.79 bits per heavy atom. The van der Waals surface area contributed by atoms with Crippen molar-refractivity contribution in [3.8, 4) is 11.3 Å². The number of piperazine rings is 1. The van der Waals surface area contributed by atoms with Gasteiger partial charge in [0.25, 0.3) is 0 Å². The van der Waals surface area contributed by atoms with Gasteiger partial charge in [0.2, 0.25) is 0 Å². The summed E-state index contributed by atoms with van der Waals surface area (Å²) < 4.78 is 0. The van der Waals surface area contributed by atoms with Crippen LogP contribution in [0.25, 0.3) is 11.3 Å². The van der Waals surface area contributed by atoms with Crippen molar-refractivity contribution >= 4 is 23.1 Å². The van der Waals surface area contributed by atoms with Gasteiger partial charge >= 0.3 is 6.03 Å². The van der Waals surface area contributed by atoms with E-state index < -0.39 is 0 Å². The van der Waals surface area contributed by atoms with Crippen LogP contribution in [0.1, 0.15) is 16.1 Å². The number of anilines is 1. The Morgan fingerprint density at radius 1 is 1.03 bits per heavy atom. The quantitative estimate of drug-likeness (QED) is 0.678. The first-order chi connectivity index (χ1) is 14.1. The van der Waals surface area contributed by atoms with Crippen molar-refractivity contribution in [2.45, 2.75) is 20.4 Å². The second-order valence-corrected chi connectivity index (χ2v) is 8.43. The van der Waals surface area contributed by atoms with Crippen LogP contribution < -0.4 is 5.32 Å². The molecule has 0 spiro atoms. The molecular weight excluding hydrogens is 380 g/mol. The van der Waals surface area contributed by atoms with Crippen molar-refractivity contribution in [2.75, 3.05) is 31.5 Å². The molecule has 6 heteroatoms. The first-order valence-corrected chi connectivity index (χ1v) is 10.8. The van der Waals surface area contributed by atoms with Gasteiger partial charge in [-0.2, -0.15) is 0 Å². The van der Waals surface area contributed by atoms with Crippen LogP contribution in [0.2, 0.25) is 0 Å². The molecular formula is C23H26N4OS. The molecule has 3 aromatic rings. The molecule has 2 aromatic carbocycles. The average molecular weight is 407 g/mol. The monoisotopic (exact) mass is 406 g/mol. The summed E-state index contributed by atoms with van der Waals surface area (Å²) >= 11 is 1.70. The van der Waals surface area contributed by atoms with Crippen molar-refractivity contribution < 1.29 is 4.79 Å². The lowest BCUT2D eigenvalue weighted by atomic mass is 10.1. The highest BCUT2D eigenvalue weighted by atomic mass is 32.1. The molecule has 1 saturated heterocycles. The highest BCUT2D eigenvalue weighted by Crippen LogP contribution is 2.23. The van der Waals surface area contributed by atoms with Gasteiger partial charge in [-0.25, -0.2) is 9.78 Å². The highest BCUT2D eigenvalue weighted by Gasteiger charge is 2.22. The number of nitrogens with zero attached hydrogens (tertiary/aromatic N) is 3. The molecule has 0 radical (unpaired) electrons. The summed E-state index contributed by atoms with van der Waals surface area (Å²) in [5, 5.41) is 6.27. The number of thiazole rings is 1. The minimum absolute atomic E-state index is 0.0199. The van der Waals surface area contributed by atoms with E-state index in [1.807, 2.05) is 41.3 Å². The number of urea groups is 1. The Hall–Kier alpha value is -2.70. The molecule has 5 nitrogen and oxygen atoms in total. The van der Waals surface area contributed by atoms with Gasteiger partial charge in [-0.05, 0) is 37.1 Å². The highest BCUT2D eigenvalue weighted by molar-refractivity contribution is 7.09. The van der Waals surface area contributed by atoms with Gasteiger partial charge in [-0.3, -0.25) is 4.90 Å². The van der Waals surface area contributed by atoms with Gasteiger partial charge in [-0.1, -0.05) is 36.4 Å². The molecule has 2 amide bonds. The van der Waals surface area contributed by atoms with Crippen LogP contribution in [0, 0.1) is 13.8 Å². The lowest BCUT2D eigenvalue weighted by molar-refractivity contribution is 0.143. The van der Waals surface area contributed by atoms with E-state index in [1.165, 1.54) is 11.1 Å². The van der Waals surface area contributed by atoms with Crippen LogP contribution in [-0.4, -0.2) is 47.0 Å². The van der Waals surface area contributed by atoms with Crippen molar-refractivity contribution in [1.29, 1.82) is 0 Å². The Morgan fingerprint density at radius 3 is 2.52 bits per heavy atom. The molecule has 4 rings (SSSR count). The fourth-order valence-corrected chi connectivity index (χ4v) is 4.29. The summed E-state index contributed by atoms with van der Waals surface area (Å²) in [5.41, 5.74) is 5.47. The molecule has 1 N–H and O–H groups in total. The number of nitrogens with one attached hydrogen (secondary N) is 1. The number of aromatic nitrogens is 1. The van der Waals surface area contributed by atoms with E-state index in [0.717, 1.165) is 54.7 Å². The first kappa shape index (κ1) is 19.6. The van der Waals surface area contributed by atoms with E-state index in [2.05, 4.69) is 41.6 Å². The standard InChI is InChI=1S/C23H26N4OS/c1-17-8-9-20(14-18(17)2)24-23(28)27-12-10-26(11-13-27)15-22-25-21(16-29-22)19-6-4-3-5-7-19/h3-9,14,16H,10-13,15H2,1-2H3,(H,24,28). The number of carbonyl (C=O) groups is 1. The zero-order valence-corrected chi connectivity index (χ0v) is 17.7. The van der Waals surface area contributed by atoms with Gasteiger partial charge in [0.05, 0.1) is 12.2 Å². The van der Waals surface area contributed by atoms with Crippen LogP contribution >= 0.6 is 11.3 Å². The zero-order valence-electron chi connectivity index (χ0n) is 16.9. The predicted octanol–water partition coefficient (Wildman–Crippen LogP) is 4.78. The second kappa shape index (κ2) is 8.76. The van der Waals surface area contributed by atoms with Crippen LogP contribution in [0.15, 0.2) is 53.9 Å². The Bertz CT molecular complexity index is 978. The third-order valence-electron chi connectivity index (χ3n) is 5.40. The fourth-order valence-electron chi connectivity index (χ4n) is 3.45. The number of aryl methyl sites for hydroxylation is 2. The van der Waals surface area contributed by atoms with E-state index in [1.54, 1.807) is 11.3 Å². The molecule has 0 bridgehead atoms. The lowest BCUT2D eigenvalue weighted by Gasteiger charge is -2.34. The third-order valence-corrected chi connectivity index (χ3v) is 6.23. The topological polar surface area (TPSA) is 48.5 Å². The summed E-state index contributed by atoms with van der Waals surface area (Å²) in [4.78, 5) is 21.6. The Kier molecular flexibility index (Phi) is 5.92. The molecule has 1 fully saturated rings. The molecule has 1 aromatic heterocycles. The molecule has 0 aliphatic carbocycles. The third kappa shape index (κ3) is 4.83. The number of hydrogen-bond acceptors (Lipinski definition) is 4. The fraction of sp³-hybridized carbons (Fsp3) is 0.304. The molecule has 0 atom stereocenters. The van der Waals surface area contributed by atoms with E-state index >= 15 is 0 Å². The summed E-state index contributed by atoms with van der Waals surface area (Å²) in [6.07, 6.45) is 0. The summed E-state index contributed by atoms with van der Waals surface area (Å²) in [6.45, 7) is 8.16. The summed E-state index contributed by atoms with van der Waals surface area (Å²) in [7, 11) is 0. The van der Waals surface area contributed by atoms with Gasteiger partial charge < -0.3 is 10.2 Å². The maximum atomic E-state index is 12.6. The Labute approximate surface area is 176 Å². The maximum Gasteiger partial charge on any atom is 0.321 e. The van der Waals surface area contributed by atoms with Gasteiger partial charge in [0.15, 0.2) is 0 Å². The van der Waals surface area contributed by atoms with Crippen molar-refractivity contribution in [1.82, 2.24) is 14.8 Å². The number of rotatable bonds is 4. The molecule has 0 unspecified atom stereocenters. The predicted molar refractivity (Wildman–Crippen MR) is 119 cm³/mol. The normalized spacial score (nSPS) is 14.8. The van der Waals surface area contributed by atoms with Crippen LogP contribution in [0.3, 0.4) is 0 Å². The van der Waals surface area contributed by atoms with Crippen LogP contribution in [0.4, 0.5) is 10.5 Å². The second-order valence-electron chi connectivity index (χ2n) is 7.48. The molecule has 0 saturated carbocycles. The minimum atomic E-state index is -0.0199. The van der Waals surface area contributed by atoms with Gasteiger partial charge in [-0.15, -0.1) is 11.3 Å². The molecule has 150 valence electrons. The minimum Gasteiger partial charge on any atom is -0.322 e. The molecule has 1 aliphatic rings. The van der Waals surface area contributed by atoms with Crippen molar-refractivity contribution in [3.05, 3.63) is 70.0 Å². The van der Waals surface area contributed by atoms with E-state index in [-0.39, 0.29) is 6.03 Å². The molecule has 2 heterocycles. The number of amides is 2. The van der Waals surface area contributed by atoms with E-state index in [9.17, 15) is 4.79 Å². The van der Waals surface area contributed by atoms with Crippen LogP contribution in [0.5, 0.6) is 0 Å².